The van der Waals surface area contributed by atoms with E-state index >= 15 is 0 Å². The van der Waals surface area contributed by atoms with Crippen molar-refractivity contribution >= 4 is 0 Å². The van der Waals surface area contributed by atoms with E-state index in [1.54, 1.807) is 0 Å². The van der Waals surface area contributed by atoms with E-state index in [2.05, 4.69) is 28.8 Å². The molecule has 1 fully saturated rings. The van der Waals surface area contributed by atoms with Gasteiger partial charge in [0.15, 0.2) is 0 Å². The Kier molecular flexibility index (Phi) is 3.99. The highest BCUT2D eigenvalue weighted by atomic mass is 15.1. The van der Waals surface area contributed by atoms with E-state index in [1.807, 2.05) is 12.4 Å². The molecular formula is C13H23N3. The van der Waals surface area contributed by atoms with Crippen molar-refractivity contribution < 1.29 is 0 Å². The lowest BCUT2D eigenvalue weighted by Crippen LogP contribution is -2.38. The quantitative estimate of drug-likeness (QED) is 0.846. The maximum atomic E-state index is 4.35. The zero-order valence-electron chi connectivity index (χ0n) is 10.4. The normalized spacial score (nSPS) is 25.9. The fourth-order valence-corrected chi connectivity index (χ4v) is 2.75. The highest BCUT2D eigenvalue weighted by Gasteiger charge is 2.23. The zero-order chi connectivity index (χ0) is 11.4. The Morgan fingerprint density at radius 3 is 2.94 bits per heavy atom. The SMILES string of the molecule is CCC1CCCCC1NCc1nccn1C. The molecule has 0 radical (unpaired) electrons. The molecule has 0 aromatic carbocycles. The molecule has 2 unspecified atom stereocenters. The van der Waals surface area contributed by atoms with Crippen LogP contribution in [0.4, 0.5) is 0 Å². The van der Waals surface area contributed by atoms with Gasteiger partial charge in [-0.1, -0.05) is 26.2 Å². The van der Waals surface area contributed by atoms with Gasteiger partial charge in [-0.15, -0.1) is 0 Å². The molecule has 0 aliphatic heterocycles. The molecule has 1 N–H and O–H groups in total. The zero-order valence-corrected chi connectivity index (χ0v) is 10.4. The molecule has 16 heavy (non-hydrogen) atoms. The summed E-state index contributed by atoms with van der Waals surface area (Å²) >= 11 is 0. The van der Waals surface area contributed by atoms with Gasteiger partial charge in [-0.2, -0.15) is 0 Å². The van der Waals surface area contributed by atoms with Crippen LogP contribution in [0.3, 0.4) is 0 Å². The molecule has 3 nitrogen and oxygen atoms in total. The molecule has 2 rings (SSSR count). The van der Waals surface area contributed by atoms with Gasteiger partial charge in [0.25, 0.3) is 0 Å². The highest BCUT2D eigenvalue weighted by Crippen LogP contribution is 2.26. The minimum Gasteiger partial charge on any atom is -0.337 e. The topological polar surface area (TPSA) is 29.9 Å². The predicted molar refractivity (Wildman–Crippen MR) is 66.1 cm³/mol. The summed E-state index contributed by atoms with van der Waals surface area (Å²) in [5, 5.41) is 3.68. The number of rotatable bonds is 4. The third-order valence-electron chi connectivity index (χ3n) is 3.88. The standard InChI is InChI=1S/C13H23N3/c1-3-11-6-4-5-7-12(11)15-10-13-14-8-9-16(13)2/h8-9,11-12,15H,3-7,10H2,1-2H3. The summed E-state index contributed by atoms with van der Waals surface area (Å²) in [6.45, 7) is 3.22. The van der Waals surface area contributed by atoms with Gasteiger partial charge in [0.2, 0.25) is 0 Å². The molecule has 0 saturated heterocycles. The van der Waals surface area contributed by atoms with Crippen LogP contribution in [0.1, 0.15) is 44.9 Å². The maximum Gasteiger partial charge on any atom is 0.122 e. The fourth-order valence-electron chi connectivity index (χ4n) is 2.75. The van der Waals surface area contributed by atoms with Crippen LogP contribution < -0.4 is 5.32 Å². The van der Waals surface area contributed by atoms with Crippen molar-refractivity contribution in [3.05, 3.63) is 18.2 Å². The van der Waals surface area contributed by atoms with Gasteiger partial charge in [-0.25, -0.2) is 4.98 Å². The Labute approximate surface area is 98.3 Å². The smallest absolute Gasteiger partial charge is 0.122 e. The lowest BCUT2D eigenvalue weighted by atomic mass is 9.83. The van der Waals surface area contributed by atoms with E-state index < -0.39 is 0 Å². The fraction of sp³-hybridized carbons (Fsp3) is 0.769. The Balaban J connectivity index is 1.86. The molecule has 1 aromatic rings. The molecule has 0 amide bonds. The molecule has 0 spiro atoms. The average molecular weight is 221 g/mol. The number of nitrogens with zero attached hydrogens (tertiary/aromatic N) is 2. The van der Waals surface area contributed by atoms with Crippen LogP contribution in [-0.4, -0.2) is 15.6 Å². The van der Waals surface area contributed by atoms with Crippen LogP contribution in [-0.2, 0) is 13.6 Å². The molecule has 1 saturated carbocycles. The number of hydrogen-bond donors (Lipinski definition) is 1. The first-order valence-electron chi connectivity index (χ1n) is 6.51. The Hall–Kier alpha value is -0.830. The number of aromatic nitrogens is 2. The largest absolute Gasteiger partial charge is 0.337 e. The first kappa shape index (κ1) is 11.6. The van der Waals surface area contributed by atoms with E-state index in [4.69, 9.17) is 0 Å². The van der Waals surface area contributed by atoms with Gasteiger partial charge >= 0.3 is 0 Å². The van der Waals surface area contributed by atoms with Gasteiger partial charge in [0, 0.05) is 25.5 Å². The second-order valence-corrected chi connectivity index (χ2v) is 4.89. The van der Waals surface area contributed by atoms with Crippen molar-refractivity contribution in [2.45, 2.75) is 51.6 Å². The predicted octanol–water partition coefficient (Wildman–Crippen LogP) is 2.48. The summed E-state index contributed by atoms with van der Waals surface area (Å²) in [5.74, 6) is 2.01. The number of imidazole rings is 1. The molecule has 1 heterocycles. The van der Waals surface area contributed by atoms with E-state index in [9.17, 15) is 0 Å². The van der Waals surface area contributed by atoms with E-state index in [-0.39, 0.29) is 0 Å². The van der Waals surface area contributed by atoms with Gasteiger partial charge in [-0.3, -0.25) is 0 Å². The third kappa shape index (κ3) is 2.64. The van der Waals surface area contributed by atoms with Gasteiger partial charge < -0.3 is 9.88 Å². The van der Waals surface area contributed by atoms with Crippen molar-refractivity contribution in [1.82, 2.24) is 14.9 Å². The van der Waals surface area contributed by atoms with Crippen molar-refractivity contribution in [1.29, 1.82) is 0 Å². The van der Waals surface area contributed by atoms with Crippen molar-refractivity contribution in [2.24, 2.45) is 13.0 Å². The summed E-state index contributed by atoms with van der Waals surface area (Å²) in [6, 6.07) is 0.704. The van der Waals surface area contributed by atoms with Crippen molar-refractivity contribution in [2.75, 3.05) is 0 Å². The summed E-state index contributed by atoms with van der Waals surface area (Å²) in [5.41, 5.74) is 0. The Bertz CT molecular complexity index is 319. The second-order valence-electron chi connectivity index (χ2n) is 4.89. The molecular weight excluding hydrogens is 198 g/mol. The van der Waals surface area contributed by atoms with E-state index in [0.717, 1.165) is 18.3 Å². The molecule has 1 aromatic heterocycles. The Morgan fingerprint density at radius 1 is 1.44 bits per heavy atom. The number of hydrogen-bond acceptors (Lipinski definition) is 2. The molecule has 90 valence electrons. The van der Waals surface area contributed by atoms with E-state index in [0.29, 0.717) is 6.04 Å². The molecule has 3 heteroatoms. The molecule has 0 bridgehead atoms. The summed E-state index contributed by atoms with van der Waals surface area (Å²) in [6.07, 6.45) is 10.7. The number of nitrogens with one attached hydrogen (secondary N) is 1. The van der Waals surface area contributed by atoms with Crippen molar-refractivity contribution in [3.8, 4) is 0 Å². The lowest BCUT2D eigenvalue weighted by molar-refractivity contribution is 0.252. The maximum absolute atomic E-state index is 4.35. The minimum absolute atomic E-state index is 0.704. The van der Waals surface area contributed by atoms with Crippen LogP contribution in [0.5, 0.6) is 0 Å². The van der Waals surface area contributed by atoms with Crippen LogP contribution in [0.15, 0.2) is 12.4 Å². The summed E-state index contributed by atoms with van der Waals surface area (Å²) in [4.78, 5) is 4.35. The van der Waals surface area contributed by atoms with E-state index in [1.165, 1.54) is 32.1 Å². The number of aryl methyl sites for hydroxylation is 1. The van der Waals surface area contributed by atoms with Crippen LogP contribution in [0.2, 0.25) is 0 Å². The third-order valence-corrected chi connectivity index (χ3v) is 3.88. The summed E-state index contributed by atoms with van der Waals surface area (Å²) in [7, 11) is 2.06. The minimum atomic E-state index is 0.704. The average Bonchev–Trinajstić information content (AvgIpc) is 2.72. The summed E-state index contributed by atoms with van der Waals surface area (Å²) < 4.78 is 2.09. The monoisotopic (exact) mass is 221 g/mol. The van der Waals surface area contributed by atoms with Crippen LogP contribution in [0, 0.1) is 5.92 Å². The van der Waals surface area contributed by atoms with Crippen LogP contribution >= 0.6 is 0 Å². The van der Waals surface area contributed by atoms with Gasteiger partial charge in [-0.05, 0) is 18.8 Å². The first-order valence-corrected chi connectivity index (χ1v) is 6.51. The molecule has 2 atom stereocenters. The molecule has 1 aliphatic carbocycles. The Morgan fingerprint density at radius 2 is 2.25 bits per heavy atom. The first-order chi connectivity index (χ1) is 7.81. The second kappa shape index (κ2) is 5.48. The van der Waals surface area contributed by atoms with Crippen LogP contribution in [0.25, 0.3) is 0 Å². The lowest BCUT2D eigenvalue weighted by Gasteiger charge is -2.31. The van der Waals surface area contributed by atoms with Gasteiger partial charge in [0.05, 0.1) is 6.54 Å². The molecule has 1 aliphatic rings. The highest BCUT2D eigenvalue weighted by molar-refractivity contribution is 4.92. The van der Waals surface area contributed by atoms with Gasteiger partial charge in [0.1, 0.15) is 5.82 Å². The van der Waals surface area contributed by atoms with Crippen molar-refractivity contribution in [3.63, 3.8) is 0 Å².